The molecule has 20 heavy (non-hydrogen) atoms. The third-order valence-corrected chi connectivity index (χ3v) is 6.07. The lowest BCUT2D eigenvalue weighted by molar-refractivity contribution is -0.00516. The lowest BCUT2D eigenvalue weighted by Crippen LogP contribution is -2.55. The van der Waals surface area contributed by atoms with Crippen molar-refractivity contribution in [3.8, 4) is 0 Å². The van der Waals surface area contributed by atoms with Crippen LogP contribution in [0.4, 0.5) is 0 Å². The van der Waals surface area contributed by atoms with Crippen molar-refractivity contribution in [1.29, 1.82) is 0 Å². The third kappa shape index (κ3) is 1.38. The molecular weight excluding hydrogens is 244 g/mol. The van der Waals surface area contributed by atoms with E-state index in [1.165, 1.54) is 43.3 Å². The predicted octanol–water partition coefficient (Wildman–Crippen LogP) is 3.54. The van der Waals surface area contributed by atoms with Gasteiger partial charge < -0.3 is 4.98 Å². The van der Waals surface area contributed by atoms with Gasteiger partial charge in [0.2, 0.25) is 0 Å². The van der Waals surface area contributed by atoms with Crippen LogP contribution in [0.15, 0.2) is 24.3 Å². The summed E-state index contributed by atoms with van der Waals surface area (Å²) < 4.78 is 0. The van der Waals surface area contributed by atoms with Crippen LogP contribution in [0.5, 0.6) is 0 Å². The molecule has 4 bridgehead atoms. The highest BCUT2D eigenvalue weighted by atomic mass is 15.2. The number of nitrogens with zero attached hydrogens (tertiary/aromatic N) is 1. The second-order valence-electron chi connectivity index (χ2n) is 7.22. The zero-order valence-corrected chi connectivity index (χ0v) is 12.1. The van der Waals surface area contributed by atoms with E-state index in [2.05, 4.69) is 41.1 Å². The largest absolute Gasteiger partial charge is 0.358 e. The average molecular weight is 266 g/mol. The monoisotopic (exact) mass is 266 g/mol. The van der Waals surface area contributed by atoms with Crippen molar-refractivity contribution in [2.45, 2.75) is 38.1 Å². The number of fused-ring (bicyclic) bond motifs is 4. The van der Waals surface area contributed by atoms with Crippen LogP contribution in [0, 0.1) is 11.8 Å². The summed E-state index contributed by atoms with van der Waals surface area (Å²) in [4.78, 5) is 6.59. The Morgan fingerprint density at radius 3 is 3.00 bits per heavy atom. The minimum atomic E-state index is 0.752. The highest BCUT2D eigenvalue weighted by Crippen LogP contribution is 2.49. The van der Waals surface area contributed by atoms with E-state index in [1.54, 1.807) is 11.3 Å². The van der Waals surface area contributed by atoms with Gasteiger partial charge in [-0.25, -0.2) is 0 Å². The van der Waals surface area contributed by atoms with Crippen LogP contribution < -0.4 is 0 Å². The fourth-order valence-electron chi connectivity index (χ4n) is 5.46. The van der Waals surface area contributed by atoms with E-state index >= 15 is 0 Å². The summed E-state index contributed by atoms with van der Waals surface area (Å²) in [6, 6.07) is 9.67. The van der Waals surface area contributed by atoms with Gasteiger partial charge in [-0.3, -0.25) is 4.90 Å². The number of benzene rings is 1. The van der Waals surface area contributed by atoms with Gasteiger partial charge in [-0.15, -0.1) is 0 Å². The molecule has 3 fully saturated rings. The molecule has 2 nitrogen and oxygen atoms in total. The van der Waals surface area contributed by atoms with Crippen molar-refractivity contribution in [2.24, 2.45) is 11.8 Å². The quantitative estimate of drug-likeness (QED) is 0.773. The van der Waals surface area contributed by atoms with Crippen LogP contribution in [0.1, 0.15) is 36.9 Å². The highest BCUT2D eigenvalue weighted by molar-refractivity contribution is 5.85. The van der Waals surface area contributed by atoms with E-state index in [0.717, 1.165) is 23.8 Å². The first-order valence-corrected chi connectivity index (χ1v) is 8.15. The molecule has 2 saturated heterocycles. The number of hydrogen-bond acceptors (Lipinski definition) is 1. The smallest absolute Gasteiger partial charge is 0.0459 e. The van der Waals surface area contributed by atoms with E-state index in [9.17, 15) is 0 Å². The van der Waals surface area contributed by atoms with Gasteiger partial charge >= 0.3 is 0 Å². The molecule has 1 N–H and O–H groups in total. The normalized spacial score (nSPS) is 38.8. The molecule has 0 radical (unpaired) electrons. The first-order valence-electron chi connectivity index (χ1n) is 8.15. The van der Waals surface area contributed by atoms with Crippen LogP contribution in [-0.4, -0.2) is 29.0 Å². The van der Waals surface area contributed by atoms with Gasteiger partial charge in [0.25, 0.3) is 0 Å². The summed E-state index contributed by atoms with van der Waals surface area (Å²) in [5.74, 6) is 2.55. The first kappa shape index (κ1) is 11.4. The molecule has 1 aliphatic carbocycles. The number of piperidine rings is 2. The molecule has 4 heterocycles. The van der Waals surface area contributed by atoms with E-state index in [4.69, 9.17) is 0 Å². The van der Waals surface area contributed by atoms with Gasteiger partial charge in [0.15, 0.2) is 0 Å². The molecule has 6 rings (SSSR count). The first-order chi connectivity index (χ1) is 9.81. The van der Waals surface area contributed by atoms with Crippen molar-refractivity contribution in [2.75, 3.05) is 13.1 Å². The number of H-pyrrole nitrogens is 1. The molecule has 104 valence electrons. The predicted molar refractivity (Wildman–Crippen MR) is 82.0 cm³/mol. The van der Waals surface area contributed by atoms with Gasteiger partial charge in [-0.1, -0.05) is 25.1 Å². The van der Waals surface area contributed by atoms with E-state index in [-0.39, 0.29) is 0 Å². The van der Waals surface area contributed by atoms with E-state index in [0.29, 0.717) is 0 Å². The molecule has 0 spiro atoms. The molecule has 1 aromatic carbocycles. The Labute approximate surface area is 120 Å². The van der Waals surface area contributed by atoms with Gasteiger partial charge in [0, 0.05) is 41.6 Å². The molecular formula is C18H22N2. The summed E-state index contributed by atoms with van der Waals surface area (Å²) in [6.45, 7) is 5.09. The van der Waals surface area contributed by atoms with Gasteiger partial charge in [-0.05, 0) is 42.7 Å². The lowest BCUT2D eigenvalue weighted by Gasteiger charge is -2.52. The van der Waals surface area contributed by atoms with Crippen LogP contribution in [0.25, 0.3) is 10.9 Å². The number of aromatic amines is 1. The van der Waals surface area contributed by atoms with Crippen LogP contribution in [0.3, 0.4) is 0 Å². The van der Waals surface area contributed by atoms with Crippen LogP contribution >= 0.6 is 0 Å². The Balaban J connectivity index is 1.72. The number of aromatic nitrogens is 1. The molecule has 0 amide bonds. The Hall–Kier alpha value is -1.28. The number of hydrogen-bond donors (Lipinski definition) is 1. The number of para-hydroxylation sites is 1. The number of rotatable bonds is 0. The molecule has 1 saturated carbocycles. The summed E-state index contributed by atoms with van der Waals surface area (Å²) in [5.41, 5.74) is 4.54. The lowest BCUT2D eigenvalue weighted by atomic mass is 9.67. The Morgan fingerprint density at radius 1 is 1.20 bits per heavy atom. The maximum atomic E-state index is 3.79. The maximum absolute atomic E-state index is 3.79. The molecule has 4 aliphatic rings. The Kier molecular flexibility index (Phi) is 2.21. The standard InChI is InChI=1S/C18H22N2/c1-11-8-12-9-15-17-14(6-7-20(10-12)18(11)15)13-4-2-3-5-16(13)19-17/h2-5,11-12,15,18-19H,6-10H2,1H3. The van der Waals surface area contributed by atoms with Crippen LogP contribution in [-0.2, 0) is 6.42 Å². The summed E-state index contributed by atoms with van der Waals surface area (Å²) in [5, 5.41) is 1.47. The summed E-state index contributed by atoms with van der Waals surface area (Å²) in [6.07, 6.45) is 4.09. The minimum Gasteiger partial charge on any atom is -0.358 e. The molecule has 1 aromatic heterocycles. The minimum absolute atomic E-state index is 0.752. The van der Waals surface area contributed by atoms with Crippen molar-refractivity contribution in [3.63, 3.8) is 0 Å². The van der Waals surface area contributed by atoms with Crippen LogP contribution in [0.2, 0.25) is 0 Å². The average Bonchev–Trinajstić information content (AvgIpc) is 2.78. The van der Waals surface area contributed by atoms with Crippen molar-refractivity contribution in [3.05, 3.63) is 35.5 Å². The molecule has 3 aliphatic heterocycles. The molecule has 2 aromatic rings. The Morgan fingerprint density at radius 2 is 2.10 bits per heavy atom. The van der Waals surface area contributed by atoms with E-state index in [1.807, 2.05) is 0 Å². The topological polar surface area (TPSA) is 19.0 Å². The summed E-state index contributed by atoms with van der Waals surface area (Å²) in [7, 11) is 0. The zero-order chi connectivity index (χ0) is 13.3. The van der Waals surface area contributed by atoms with Crippen molar-refractivity contribution < 1.29 is 0 Å². The second kappa shape index (κ2) is 3.88. The molecule has 2 heteroatoms. The van der Waals surface area contributed by atoms with Gasteiger partial charge in [0.05, 0.1) is 0 Å². The van der Waals surface area contributed by atoms with E-state index < -0.39 is 0 Å². The van der Waals surface area contributed by atoms with Gasteiger partial charge in [0.1, 0.15) is 0 Å². The fraction of sp³-hybridized carbons (Fsp3) is 0.556. The van der Waals surface area contributed by atoms with Crippen molar-refractivity contribution in [1.82, 2.24) is 9.88 Å². The second-order valence-corrected chi connectivity index (χ2v) is 7.22. The fourth-order valence-corrected chi connectivity index (χ4v) is 5.46. The third-order valence-electron chi connectivity index (χ3n) is 6.07. The van der Waals surface area contributed by atoms with Gasteiger partial charge in [-0.2, -0.15) is 0 Å². The number of nitrogens with one attached hydrogen (secondary N) is 1. The summed E-state index contributed by atoms with van der Waals surface area (Å²) >= 11 is 0. The SMILES string of the molecule is CC1CC2CC3c4[nH]c5ccccc5c4CCN(C2)C13. The zero-order valence-electron chi connectivity index (χ0n) is 12.1. The maximum Gasteiger partial charge on any atom is 0.0459 e. The Bertz CT molecular complexity index is 671. The molecule has 5 unspecified atom stereocenters. The van der Waals surface area contributed by atoms with Crippen molar-refractivity contribution >= 4 is 10.9 Å². The molecule has 5 atom stereocenters. The highest BCUT2D eigenvalue weighted by Gasteiger charge is 2.47.